The van der Waals surface area contributed by atoms with E-state index < -0.39 is 0 Å². The molecule has 116 valence electrons. The van der Waals surface area contributed by atoms with Crippen molar-refractivity contribution in [2.45, 2.75) is 58.4 Å². The summed E-state index contributed by atoms with van der Waals surface area (Å²) in [5, 5.41) is 0. The molecule has 0 saturated carbocycles. The van der Waals surface area contributed by atoms with Crippen LogP contribution in [-0.4, -0.2) is 30.0 Å². The van der Waals surface area contributed by atoms with E-state index >= 15 is 0 Å². The number of benzene rings is 1. The van der Waals surface area contributed by atoms with Crippen LogP contribution in [-0.2, 0) is 4.79 Å². The Kier molecular flexibility index (Phi) is 5.66. The molecule has 3 heteroatoms. The molecule has 0 aliphatic carbocycles. The van der Waals surface area contributed by atoms with Gasteiger partial charge in [0.05, 0.1) is 0 Å². The monoisotopic (exact) mass is 289 g/mol. The van der Waals surface area contributed by atoms with Crippen LogP contribution in [0.2, 0.25) is 0 Å². The lowest BCUT2D eigenvalue weighted by atomic mass is 10.00. The van der Waals surface area contributed by atoms with Crippen LogP contribution in [0.25, 0.3) is 0 Å². The Hall–Kier alpha value is -1.51. The number of likely N-dealkylation sites (tertiary alicyclic amines) is 1. The van der Waals surface area contributed by atoms with Gasteiger partial charge in [0.1, 0.15) is 5.75 Å². The Balaban J connectivity index is 1.92. The van der Waals surface area contributed by atoms with Crippen molar-refractivity contribution in [3.63, 3.8) is 0 Å². The zero-order valence-electron chi connectivity index (χ0n) is 13.5. The van der Waals surface area contributed by atoms with Gasteiger partial charge in [0.15, 0.2) is 6.61 Å². The summed E-state index contributed by atoms with van der Waals surface area (Å²) in [7, 11) is 0. The van der Waals surface area contributed by atoms with Crippen LogP contribution >= 0.6 is 0 Å². The van der Waals surface area contributed by atoms with Crippen molar-refractivity contribution >= 4 is 5.91 Å². The molecule has 3 nitrogen and oxygen atoms in total. The van der Waals surface area contributed by atoms with Crippen LogP contribution in [0.15, 0.2) is 24.3 Å². The van der Waals surface area contributed by atoms with Gasteiger partial charge in [0, 0.05) is 12.6 Å². The molecule has 1 saturated heterocycles. The van der Waals surface area contributed by atoms with Crippen molar-refractivity contribution < 1.29 is 9.53 Å². The van der Waals surface area contributed by atoms with Crippen LogP contribution in [0.5, 0.6) is 5.75 Å². The molecule has 0 bridgehead atoms. The molecule has 0 aromatic heterocycles. The number of nitrogens with zero attached hydrogens (tertiary/aromatic N) is 1. The third-order valence-corrected chi connectivity index (χ3v) is 4.31. The van der Waals surface area contributed by atoms with Crippen molar-refractivity contribution in [2.24, 2.45) is 0 Å². The molecular weight excluding hydrogens is 262 g/mol. The van der Waals surface area contributed by atoms with Gasteiger partial charge in [-0.1, -0.05) is 32.9 Å². The Morgan fingerprint density at radius 2 is 2.19 bits per heavy atom. The maximum absolute atomic E-state index is 12.4. The highest BCUT2D eigenvalue weighted by Gasteiger charge is 2.25. The first-order valence-corrected chi connectivity index (χ1v) is 8.14. The zero-order valence-corrected chi connectivity index (χ0v) is 13.5. The van der Waals surface area contributed by atoms with Gasteiger partial charge in [0.2, 0.25) is 0 Å². The molecule has 0 radical (unpaired) electrons. The van der Waals surface area contributed by atoms with Gasteiger partial charge < -0.3 is 9.64 Å². The molecule has 0 N–H and O–H groups in total. The summed E-state index contributed by atoms with van der Waals surface area (Å²) in [6.45, 7) is 7.50. The number of carbonyl (C=O) groups excluding carboxylic acids is 1. The van der Waals surface area contributed by atoms with E-state index in [2.05, 4.69) is 26.8 Å². The molecule has 1 aliphatic heterocycles. The van der Waals surface area contributed by atoms with Crippen molar-refractivity contribution in [1.29, 1.82) is 0 Å². The largest absolute Gasteiger partial charge is 0.484 e. The highest BCUT2D eigenvalue weighted by molar-refractivity contribution is 5.78. The third kappa shape index (κ3) is 4.23. The molecule has 1 amide bonds. The van der Waals surface area contributed by atoms with Crippen molar-refractivity contribution in [1.82, 2.24) is 4.90 Å². The van der Waals surface area contributed by atoms with E-state index in [1.54, 1.807) is 0 Å². The minimum atomic E-state index is 0.122. The number of amides is 1. The Morgan fingerprint density at radius 3 is 2.90 bits per heavy atom. The first kappa shape index (κ1) is 15.9. The van der Waals surface area contributed by atoms with Gasteiger partial charge in [-0.25, -0.2) is 0 Å². The molecule has 2 rings (SSSR count). The lowest BCUT2D eigenvalue weighted by Crippen LogP contribution is -2.45. The van der Waals surface area contributed by atoms with E-state index in [9.17, 15) is 4.79 Å². The minimum absolute atomic E-state index is 0.122. The molecule has 1 heterocycles. The summed E-state index contributed by atoms with van der Waals surface area (Å²) in [6.07, 6.45) is 4.52. The predicted molar refractivity (Wildman–Crippen MR) is 85.7 cm³/mol. The zero-order chi connectivity index (χ0) is 15.2. The van der Waals surface area contributed by atoms with Crippen molar-refractivity contribution in [3.05, 3.63) is 29.8 Å². The van der Waals surface area contributed by atoms with Gasteiger partial charge >= 0.3 is 0 Å². The smallest absolute Gasteiger partial charge is 0.260 e. The second kappa shape index (κ2) is 7.48. The van der Waals surface area contributed by atoms with Crippen LogP contribution in [0, 0.1) is 0 Å². The average Bonchev–Trinajstić information content (AvgIpc) is 2.52. The predicted octanol–water partition coefficient (Wildman–Crippen LogP) is 3.98. The fourth-order valence-electron chi connectivity index (χ4n) is 2.94. The van der Waals surface area contributed by atoms with Gasteiger partial charge in [-0.3, -0.25) is 4.79 Å². The van der Waals surface area contributed by atoms with Crippen LogP contribution in [0.1, 0.15) is 57.9 Å². The molecule has 1 aliphatic rings. The Bertz CT molecular complexity index is 470. The summed E-state index contributed by atoms with van der Waals surface area (Å²) in [5.41, 5.74) is 1.24. The highest BCUT2D eigenvalue weighted by Crippen LogP contribution is 2.22. The normalized spacial score (nSPS) is 18.9. The summed E-state index contributed by atoms with van der Waals surface area (Å²) in [4.78, 5) is 14.4. The van der Waals surface area contributed by atoms with Crippen LogP contribution in [0.4, 0.5) is 0 Å². The lowest BCUT2D eigenvalue weighted by Gasteiger charge is -2.35. The van der Waals surface area contributed by atoms with E-state index in [1.165, 1.54) is 12.0 Å². The van der Waals surface area contributed by atoms with Crippen molar-refractivity contribution in [2.75, 3.05) is 13.2 Å². The number of carbonyl (C=O) groups is 1. The molecule has 21 heavy (non-hydrogen) atoms. The van der Waals surface area contributed by atoms with Gasteiger partial charge in [-0.15, -0.1) is 0 Å². The number of rotatable bonds is 5. The van der Waals surface area contributed by atoms with E-state index in [0.717, 1.165) is 31.6 Å². The van der Waals surface area contributed by atoms with Crippen LogP contribution < -0.4 is 4.74 Å². The second-order valence-corrected chi connectivity index (χ2v) is 6.16. The van der Waals surface area contributed by atoms with Gasteiger partial charge in [-0.05, 0) is 49.3 Å². The van der Waals surface area contributed by atoms with E-state index in [-0.39, 0.29) is 12.5 Å². The molecule has 1 aromatic carbocycles. The first-order valence-electron chi connectivity index (χ1n) is 8.14. The lowest BCUT2D eigenvalue weighted by molar-refractivity contribution is -0.137. The molecule has 1 atom stereocenters. The van der Waals surface area contributed by atoms with E-state index in [4.69, 9.17) is 4.74 Å². The summed E-state index contributed by atoms with van der Waals surface area (Å²) in [5.74, 6) is 1.38. The number of hydrogen-bond acceptors (Lipinski definition) is 2. The second-order valence-electron chi connectivity index (χ2n) is 6.16. The summed E-state index contributed by atoms with van der Waals surface area (Å²) >= 11 is 0. The fourth-order valence-corrected chi connectivity index (χ4v) is 2.94. The number of ether oxygens (including phenoxy) is 1. The fraction of sp³-hybridized carbons (Fsp3) is 0.611. The molecule has 1 fully saturated rings. The number of piperidine rings is 1. The maximum Gasteiger partial charge on any atom is 0.260 e. The third-order valence-electron chi connectivity index (χ3n) is 4.31. The molecule has 0 spiro atoms. The quantitative estimate of drug-likeness (QED) is 0.820. The average molecular weight is 289 g/mol. The molecular formula is C18H27NO2. The SMILES string of the molecule is CCC1CCCCN1C(=O)COc1cccc(C(C)C)c1. The Morgan fingerprint density at radius 1 is 1.38 bits per heavy atom. The van der Waals surface area contributed by atoms with Gasteiger partial charge in [-0.2, -0.15) is 0 Å². The summed E-state index contributed by atoms with van der Waals surface area (Å²) < 4.78 is 5.71. The maximum atomic E-state index is 12.4. The minimum Gasteiger partial charge on any atom is -0.484 e. The summed E-state index contributed by atoms with van der Waals surface area (Å²) in [6, 6.07) is 8.44. The molecule has 1 unspecified atom stereocenters. The topological polar surface area (TPSA) is 29.5 Å². The standard InChI is InChI=1S/C18H27NO2/c1-4-16-9-5-6-11-19(16)18(20)13-21-17-10-7-8-15(12-17)14(2)3/h7-8,10,12,14,16H,4-6,9,11,13H2,1-3H3. The van der Waals surface area contributed by atoms with Gasteiger partial charge in [0.25, 0.3) is 5.91 Å². The highest BCUT2D eigenvalue weighted by atomic mass is 16.5. The molecule has 1 aromatic rings. The van der Waals surface area contributed by atoms with Crippen molar-refractivity contribution in [3.8, 4) is 5.75 Å². The number of hydrogen-bond donors (Lipinski definition) is 0. The Labute approximate surface area is 128 Å². The van der Waals surface area contributed by atoms with E-state index in [1.807, 2.05) is 23.1 Å². The van der Waals surface area contributed by atoms with E-state index in [0.29, 0.717) is 12.0 Å². The van der Waals surface area contributed by atoms with Crippen LogP contribution in [0.3, 0.4) is 0 Å². The first-order chi connectivity index (χ1) is 10.1.